The van der Waals surface area contributed by atoms with E-state index in [9.17, 15) is 14.9 Å². The second kappa shape index (κ2) is 6.22. The molecule has 0 fully saturated rings. The predicted molar refractivity (Wildman–Crippen MR) is 65.0 cm³/mol. The summed E-state index contributed by atoms with van der Waals surface area (Å²) in [7, 11) is 0. The van der Waals surface area contributed by atoms with Crippen LogP contribution < -0.4 is 5.32 Å². The summed E-state index contributed by atoms with van der Waals surface area (Å²) in [6.07, 6.45) is 4.22. The highest BCUT2D eigenvalue weighted by Gasteiger charge is 2.20. The molecule has 0 aliphatic carbocycles. The second-order valence-electron chi connectivity index (χ2n) is 3.15. The van der Waals surface area contributed by atoms with Gasteiger partial charge in [-0.25, -0.2) is 0 Å². The third kappa shape index (κ3) is 3.90. The summed E-state index contributed by atoms with van der Waals surface area (Å²) in [4.78, 5) is 21.6. The van der Waals surface area contributed by atoms with Gasteiger partial charge in [-0.05, 0) is 19.1 Å². The number of anilines is 1. The van der Waals surface area contributed by atoms with Gasteiger partial charge in [-0.2, -0.15) is 0 Å². The van der Waals surface area contributed by atoms with Crippen LogP contribution in [0.4, 0.5) is 5.69 Å². The van der Waals surface area contributed by atoms with Gasteiger partial charge in [-0.1, -0.05) is 30.4 Å². The zero-order valence-electron chi connectivity index (χ0n) is 9.29. The summed E-state index contributed by atoms with van der Waals surface area (Å²) in [5.41, 5.74) is 0.0256. The quantitative estimate of drug-likeness (QED) is 0.375. The molecule has 0 aliphatic heterocycles. The molecule has 1 aromatic rings. The Hall–Kier alpha value is -2.43. The van der Waals surface area contributed by atoms with Crippen molar-refractivity contribution in [2.24, 2.45) is 0 Å². The van der Waals surface area contributed by atoms with E-state index in [0.717, 1.165) is 6.08 Å². The van der Waals surface area contributed by atoms with Crippen LogP contribution >= 0.6 is 0 Å². The van der Waals surface area contributed by atoms with Crippen molar-refractivity contribution in [3.8, 4) is 0 Å². The molecular formula is C12H12N2O3. The summed E-state index contributed by atoms with van der Waals surface area (Å²) in [6, 6.07) is 8.57. The van der Waals surface area contributed by atoms with E-state index in [-0.39, 0.29) is 0 Å². The molecular weight excluding hydrogens is 220 g/mol. The third-order valence-electron chi connectivity index (χ3n) is 1.91. The van der Waals surface area contributed by atoms with Crippen LogP contribution in [-0.2, 0) is 4.79 Å². The van der Waals surface area contributed by atoms with Crippen LogP contribution in [0.3, 0.4) is 0 Å². The standard InChI is InChI=1S/C12H12N2O3/c1-2-3-9-11(14(16)17)12(15)13-10-7-5-4-6-8-10/h2-9H,1H3,(H,13,15)/b3-2+,11-9-. The molecule has 0 saturated heterocycles. The first-order chi connectivity index (χ1) is 8.15. The average Bonchev–Trinajstić information content (AvgIpc) is 2.30. The van der Waals surface area contributed by atoms with Gasteiger partial charge in [0.2, 0.25) is 0 Å². The first kappa shape index (κ1) is 12.6. The molecule has 0 aliphatic rings. The molecule has 17 heavy (non-hydrogen) atoms. The van der Waals surface area contributed by atoms with Crippen LogP contribution in [-0.4, -0.2) is 10.8 Å². The lowest BCUT2D eigenvalue weighted by atomic mass is 10.3. The number of nitro groups is 1. The number of rotatable bonds is 4. The number of carbonyl (C=O) groups excluding carboxylic acids is 1. The second-order valence-corrected chi connectivity index (χ2v) is 3.15. The Morgan fingerprint density at radius 1 is 1.35 bits per heavy atom. The van der Waals surface area contributed by atoms with Gasteiger partial charge in [0.25, 0.3) is 0 Å². The topological polar surface area (TPSA) is 72.2 Å². The Kier molecular flexibility index (Phi) is 4.62. The molecule has 5 heteroatoms. The van der Waals surface area contributed by atoms with Crippen molar-refractivity contribution in [2.75, 3.05) is 5.32 Å². The van der Waals surface area contributed by atoms with Crippen molar-refractivity contribution >= 4 is 11.6 Å². The fraction of sp³-hybridized carbons (Fsp3) is 0.0833. The lowest BCUT2D eigenvalue weighted by Crippen LogP contribution is -2.19. The highest BCUT2D eigenvalue weighted by Crippen LogP contribution is 2.08. The molecule has 0 unspecified atom stereocenters. The number of allylic oxidation sites excluding steroid dienone is 3. The van der Waals surface area contributed by atoms with Gasteiger partial charge < -0.3 is 5.32 Å². The van der Waals surface area contributed by atoms with Gasteiger partial charge in [-0.3, -0.25) is 14.9 Å². The molecule has 0 atom stereocenters. The number of hydrogen-bond acceptors (Lipinski definition) is 3. The molecule has 0 spiro atoms. The van der Waals surface area contributed by atoms with E-state index in [1.807, 2.05) is 0 Å². The number of para-hydroxylation sites is 1. The molecule has 0 aromatic heterocycles. The molecule has 88 valence electrons. The summed E-state index contributed by atoms with van der Waals surface area (Å²) < 4.78 is 0. The van der Waals surface area contributed by atoms with Gasteiger partial charge >= 0.3 is 11.6 Å². The molecule has 1 rings (SSSR count). The van der Waals surface area contributed by atoms with Gasteiger partial charge in [0.1, 0.15) is 0 Å². The molecule has 0 bridgehead atoms. The summed E-state index contributed by atoms with van der Waals surface area (Å²) in [6.45, 7) is 1.71. The number of hydrogen-bond donors (Lipinski definition) is 1. The maximum absolute atomic E-state index is 11.6. The van der Waals surface area contributed by atoms with Crippen LogP contribution in [0.25, 0.3) is 0 Å². The normalized spacial score (nSPS) is 11.5. The van der Waals surface area contributed by atoms with E-state index in [2.05, 4.69) is 5.32 Å². The number of nitrogens with one attached hydrogen (secondary N) is 1. The highest BCUT2D eigenvalue weighted by atomic mass is 16.6. The van der Waals surface area contributed by atoms with Crippen molar-refractivity contribution in [2.45, 2.75) is 6.92 Å². The van der Waals surface area contributed by atoms with Crippen molar-refractivity contribution in [1.29, 1.82) is 0 Å². The lowest BCUT2D eigenvalue weighted by Gasteiger charge is -2.02. The first-order valence-electron chi connectivity index (χ1n) is 4.99. The minimum Gasteiger partial charge on any atom is -0.317 e. The SMILES string of the molecule is C/C=C/C=C(/C(=O)Nc1ccccc1)[N+](=O)[O-]. The van der Waals surface area contributed by atoms with Crippen molar-refractivity contribution in [3.05, 3.63) is 64.4 Å². The number of benzene rings is 1. The smallest absolute Gasteiger partial charge is 0.317 e. The molecule has 5 nitrogen and oxygen atoms in total. The maximum atomic E-state index is 11.6. The largest absolute Gasteiger partial charge is 0.333 e. The van der Waals surface area contributed by atoms with Crippen molar-refractivity contribution < 1.29 is 9.72 Å². The van der Waals surface area contributed by atoms with Crippen molar-refractivity contribution in [3.63, 3.8) is 0 Å². The van der Waals surface area contributed by atoms with Gasteiger partial charge in [0.15, 0.2) is 0 Å². The minimum atomic E-state index is -0.737. The Bertz CT molecular complexity index is 464. The predicted octanol–water partition coefficient (Wildman–Crippen LogP) is 2.36. The van der Waals surface area contributed by atoms with E-state index >= 15 is 0 Å². The number of nitrogens with zero attached hydrogens (tertiary/aromatic N) is 1. The lowest BCUT2D eigenvalue weighted by molar-refractivity contribution is -0.418. The van der Waals surface area contributed by atoms with E-state index in [1.165, 1.54) is 6.08 Å². The number of carbonyl (C=O) groups is 1. The van der Waals surface area contributed by atoms with E-state index in [4.69, 9.17) is 0 Å². The fourth-order valence-electron chi connectivity index (χ4n) is 1.12. The minimum absolute atomic E-state index is 0.494. The average molecular weight is 232 g/mol. The molecule has 0 heterocycles. The molecule has 0 saturated carbocycles. The molecule has 1 aromatic carbocycles. The van der Waals surface area contributed by atoms with Gasteiger partial charge in [-0.15, -0.1) is 0 Å². The van der Waals surface area contributed by atoms with E-state index in [0.29, 0.717) is 5.69 Å². The monoisotopic (exact) mass is 232 g/mol. The zero-order chi connectivity index (χ0) is 12.7. The first-order valence-corrected chi connectivity index (χ1v) is 4.99. The highest BCUT2D eigenvalue weighted by molar-refractivity contribution is 6.02. The Balaban J connectivity index is 2.84. The Labute approximate surface area is 98.6 Å². The van der Waals surface area contributed by atoms with Crippen LogP contribution in [0.15, 0.2) is 54.3 Å². The molecule has 1 amide bonds. The van der Waals surface area contributed by atoms with Crippen molar-refractivity contribution in [1.82, 2.24) is 0 Å². The van der Waals surface area contributed by atoms with Gasteiger partial charge in [0.05, 0.1) is 4.92 Å². The van der Waals surface area contributed by atoms with E-state index in [1.54, 1.807) is 43.3 Å². The summed E-state index contributed by atoms with van der Waals surface area (Å²) in [5, 5.41) is 13.1. The Morgan fingerprint density at radius 3 is 2.53 bits per heavy atom. The molecule has 1 N–H and O–H groups in total. The molecule has 0 radical (unpaired) electrons. The third-order valence-corrected chi connectivity index (χ3v) is 1.91. The van der Waals surface area contributed by atoms with Crippen LogP contribution in [0.1, 0.15) is 6.92 Å². The van der Waals surface area contributed by atoms with E-state index < -0.39 is 16.5 Å². The van der Waals surface area contributed by atoms with Gasteiger partial charge in [0, 0.05) is 11.8 Å². The van der Waals surface area contributed by atoms with Crippen LogP contribution in [0.5, 0.6) is 0 Å². The number of amides is 1. The zero-order valence-corrected chi connectivity index (χ0v) is 9.29. The Morgan fingerprint density at radius 2 is 2.00 bits per heavy atom. The van der Waals surface area contributed by atoms with Crippen LogP contribution in [0.2, 0.25) is 0 Å². The summed E-state index contributed by atoms with van der Waals surface area (Å²) >= 11 is 0. The fourth-order valence-corrected chi connectivity index (χ4v) is 1.12. The van der Waals surface area contributed by atoms with Crippen LogP contribution in [0, 0.1) is 10.1 Å². The summed E-state index contributed by atoms with van der Waals surface area (Å²) in [5.74, 6) is -0.737. The maximum Gasteiger partial charge on any atom is 0.333 e.